The number of hydrogen-bond donors (Lipinski definition) is 1. The largest absolute Gasteiger partial charge is 0.497 e. The lowest BCUT2D eigenvalue weighted by molar-refractivity contribution is -0.141. The molecular weight excluding hydrogens is 412 g/mol. The molecule has 2 saturated heterocycles. The Balaban J connectivity index is 1.33. The van der Waals surface area contributed by atoms with Crippen LogP contribution >= 0.6 is 0 Å². The second-order valence-corrected chi connectivity index (χ2v) is 8.84. The van der Waals surface area contributed by atoms with Crippen molar-refractivity contribution in [1.29, 1.82) is 0 Å². The van der Waals surface area contributed by atoms with E-state index < -0.39 is 11.6 Å². The molecule has 2 heterocycles. The number of imide groups is 1. The number of piperazine rings is 1. The van der Waals surface area contributed by atoms with E-state index in [1.54, 1.807) is 41.2 Å². The number of rotatable bonds is 4. The Kier molecular flexibility index (Phi) is 6.08. The topological polar surface area (TPSA) is 99.3 Å². The normalized spacial score (nSPS) is 25.8. The molecule has 5 amide bonds. The van der Waals surface area contributed by atoms with Crippen molar-refractivity contribution in [3.63, 3.8) is 0 Å². The van der Waals surface area contributed by atoms with Crippen molar-refractivity contribution in [2.75, 3.05) is 39.8 Å². The Bertz CT molecular complexity index is 909. The summed E-state index contributed by atoms with van der Waals surface area (Å²) in [5, 5.41) is 2.88. The molecular formula is C23H30N4O5. The molecule has 1 N–H and O–H groups in total. The van der Waals surface area contributed by atoms with Gasteiger partial charge >= 0.3 is 6.03 Å². The smallest absolute Gasteiger partial charge is 0.325 e. The highest BCUT2D eigenvalue weighted by Crippen LogP contribution is 2.38. The molecule has 0 aromatic heterocycles. The molecule has 2 atom stereocenters. The van der Waals surface area contributed by atoms with Crippen LogP contribution in [0.3, 0.4) is 0 Å². The van der Waals surface area contributed by atoms with Crippen LogP contribution in [0.5, 0.6) is 5.75 Å². The Hall–Kier alpha value is -3.10. The van der Waals surface area contributed by atoms with Gasteiger partial charge in [0.1, 0.15) is 17.8 Å². The number of ether oxygens (including phenoxy) is 1. The summed E-state index contributed by atoms with van der Waals surface area (Å²) < 4.78 is 5.12. The molecule has 2 aliphatic heterocycles. The quantitative estimate of drug-likeness (QED) is 0.712. The van der Waals surface area contributed by atoms with Crippen molar-refractivity contribution in [3.05, 3.63) is 29.8 Å². The Labute approximate surface area is 187 Å². The van der Waals surface area contributed by atoms with E-state index in [4.69, 9.17) is 4.74 Å². The first-order valence-corrected chi connectivity index (χ1v) is 11.2. The highest BCUT2D eigenvalue weighted by atomic mass is 16.5. The SMILES string of the molecule is COc1ccc(C(=O)N2CCN(C(=O)CN3C(=O)N[C@]4(CCCC[C@@H]4C)C3=O)CC2)cc1. The van der Waals surface area contributed by atoms with Gasteiger partial charge in [-0.3, -0.25) is 19.3 Å². The maximum atomic E-state index is 13.1. The van der Waals surface area contributed by atoms with Crippen molar-refractivity contribution in [2.24, 2.45) is 5.92 Å². The predicted octanol–water partition coefficient (Wildman–Crippen LogP) is 1.48. The van der Waals surface area contributed by atoms with Gasteiger partial charge in [-0.25, -0.2) is 4.79 Å². The third-order valence-electron chi connectivity index (χ3n) is 7.05. The number of carbonyl (C=O) groups is 4. The summed E-state index contributed by atoms with van der Waals surface area (Å²) in [4.78, 5) is 55.6. The number of amides is 5. The summed E-state index contributed by atoms with van der Waals surface area (Å²) in [5.41, 5.74) is -0.296. The molecule has 0 bridgehead atoms. The standard InChI is InChI=1S/C23H30N4O5/c1-16-5-3-4-10-23(16)21(30)27(22(31)24-23)15-19(28)25-11-13-26(14-12-25)20(29)17-6-8-18(32-2)9-7-17/h6-9,16H,3-5,10-15H2,1-2H3,(H,24,31)/t16-,23-/m0/s1. The fourth-order valence-electron chi connectivity index (χ4n) is 4.95. The van der Waals surface area contributed by atoms with E-state index in [-0.39, 0.29) is 30.2 Å². The lowest BCUT2D eigenvalue weighted by Crippen LogP contribution is -2.55. The van der Waals surface area contributed by atoms with Gasteiger partial charge in [-0.05, 0) is 43.0 Å². The van der Waals surface area contributed by atoms with Gasteiger partial charge in [0, 0.05) is 31.7 Å². The molecule has 1 aliphatic carbocycles. The third kappa shape index (κ3) is 3.91. The molecule has 1 saturated carbocycles. The van der Waals surface area contributed by atoms with Gasteiger partial charge < -0.3 is 19.9 Å². The van der Waals surface area contributed by atoms with Crippen LogP contribution in [0.4, 0.5) is 4.79 Å². The van der Waals surface area contributed by atoms with Gasteiger partial charge in [-0.2, -0.15) is 0 Å². The molecule has 3 aliphatic rings. The number of benzene rings is 1. The maximum Gasteiger partial charge on any atom is 0.325 e. The van der Waals surface area contributed by atoms with Crippen LogP contribution < -0.4 is 10.1 Å². The Morgan fingerprint density at radius 3 is 2.34 bits per heavy atom. The molecule has 32 heavy (non-hydrogen) atoms. The molecule has 3 fully saturated rings. The average molecular weight is 443 g/mol. The van der Waals surface area contributed by atoms with Gasteiger partial charge in [-0.1, -0.05) is 19.8 Å². The molecule has 9 nitrogen and oxygen atoms in total. The molecule has 1 aromatic carbocycles. The van der Waals surface area contributed by atoms with Crippen molar-refractivity contribution >= 4 is 23.8 Å². The summed E-state index contributed by atoms with van der Waals surface area (Å²) in [6, 6.07) is 6.44. The molecule has 172 valence electrons. The third-order valence-corrected chi connectivity index (χ3v) is 7.05. The van der Waals surface area contributed by atoms with E-state index in [1.807, 2.05) is 6.92 Å². The summed E-state index contributed by atoms with van der Waals surface area (Å²) in [6.45, 7) is 3.26. The first-order chi connectivity index (χ1) is 15.4. The number of nitrogens with zero attached hydrogens (tertiary/aromatic N) is 3. The van der Waals surface area contributed by atoms with Gasteiger partial charge in [0.2, 0.25) is 5.91 Å². The summed E-state index contributed by atoms with van der Waals surface area (Å²) in [5.74, 6) is 0.0891. The fourth-order valence-corrected chi connectivity index (χ4v) is 4.95. The zero-order chi connectivity index (χ0) is 22.9. The van der Waals surface area contributed by atoms with Crippen LogP contribution in [0.2, 0.25) is 0 Å². The second-order valence-electron chi connectivity index (χ2n) is 8.84. The Morgan fingerprint density at radius 2 is 1.72 bits per heavy atom. The van der Waals surface area contributed by atoms with Crippen molar-refractivity contribution in [3.8, 4) is 5.75 Å². The van der Waals surface area contributed by atoms with Crippen LogP contribution in [0.25, 0.3) is 0 Å². The zero-order valence-corrected chi connectivity index (χ0v) is 18.6. The number of carbonyl (C=O) groups excluding carboxylic acids is 4. The highest BCUT2D eigenvalue weighted by Gasteiger charge is 2.55. The predicted molar refractivity (Wildman–Crippen MR) is 116 cm³/mol. The summed E-state index contributed by atoms with van der Waals surface area (Å²) in [6.07, 6.45) is 3.44. The van der Waals surface area contributed by atoms with Gasteiger partial charge in [0.05, 0.1) is 7.11 Å². The highest BCUT2D eigenvalue weighted by molar-refractivity contribution is 6.09. The lowest BCUT2D eigenvalue weighted by Gasteiger charge is -2.37. The minimum Gasteiger partial charge on any atom is -0.497 e. The van der Waals surface area contributed by atoms with Crippen LogP contribution in [-0.2, 0) is 9.59 Å². The minimum atomic E-state index is -0.862. The summed E-state index contributed by atoms with van der Waals surface area (Å²) >= 11 is 0. The molecule has 0 radical (unpaired) electrons. The van der Waals surface area contributed by atoms with Crippen LogP contribution in [-0.4, -0.2) is 83.8 Å². The molecule has 1 spiro atoms. The van der Waals surface area contributed by atoms with E-state index in [0.717, 1.165) is 24.2 Å². The van der Waals surface area contributed by atoms with E-state index in [1.165, 1.54) is 0 Å². The van der Waals surface area contributed by atoms with E-state index in [0.29, 0.717) is 43.9 Å². The summed E-state index contributed by atoms with van der Waals surface area (Å²) in [7, 11) is 1.57. The van der Waals surface area contributed by atoms with Crippen molar-refractivity contribution < 1.29 is 23.9 Å². The molecule has 4 rings (SSSR count). The van der Waals surface area contributed by atoms with Gasteiger partial charge in [0.15, 0.2) is 0 Å². The first-order valence-electron chi connectivity index (χ1n) is 11.2. The fraction of sp³-hybridized carbons (Fsp3) is 0.565. The van der Waals surface area contributed by atoms with Crippen LogP contribution in [0.15, 0.2) is 24.3 Å². The Morgan fingerprint density at radius 1 is 1.06 bits per heavy atom. The molecule has 9 heteroatoms. The second kappa shape index (κ2) is 8.80. The van der Waals surface area contributed by atoms with Crippen LogP contribution in [0.1, 0.15) is 43.0 Å². The van der Waals surface area contributed by atoms with Gasteiger partial charge in [-0.15, -0.1) is 0 Å². The number of urea groups is 1. The van der Waals surface area contributed by atoms with E-state index in [2.05, 4.69) is 5.32 Å². The zero-order valence-electron chi connectivity index (χ0n) is 18.6. The maximum absolute atomic E-state index is 13.1. The first kappa shape index (κ1) is 22.1. The van der Waals surface area contributed by atoms with Gasteiger partial charge in [0.25, 0.3) is 11.8 Å². The minimum absolute atomic E-state index is 0.0558. The van der Waals surface area contributed by atoms with Crippen molar-refractivity contribution in [2.45, 2.75) is 38.1 Å². The average Bonchev–Trinajstić information content (AvgIpc) is 3.05. The molecule has 0 unspecified atom stereocenters. The van der Waals surface area contributed by atoms with Crippen LogP contribution in [0, 0.1) is 5.92 Å². The van der Waals surface area contributed by atoms with Crippen molar-refractivity contribution in [1.82, 2.24) is 20.0 Å². The lowest BCUT2D eigenvalue weighted by atomic mass is 9.73. The van der Waals surface area contributed by atoms with E-state index >= 15 is 0 Å². The number of methoxy groups -OCH3 is 1. The number of hydrogen-bond acceptors (Lipinski definition) is 5. The van der Waals surface area contributed by atoms with E-state index in [9.17, 15) is 19.2 Å². The number of nitrogens with one attached hydrogen (secondary N) is 1. The monoisotopic (exact) mass is 442 g/mol. The molecule has 1 aromatic rings.